The third-order valence-corrected chi connectivity index (χ3v) is 6.39. The molecule has 0 saturated heterocycles. The number of hydrogen-bond acceptors (Lipinski definition) is 4. The maximum Gasteiger partial charge on any atom is 0.266 e. The van der Waals surface area contributed by atoms with E-state index in [1.54, 1.807) is 72.8 Å². The van der Waals surface area contributed by atoms with Crippen LogP contribution in [0.5, 0.6) is 11.5 Å². The SMILES string of the molecule is N#C/C(=C\c1ccc(OCc2ccc(Cl)cc2Cl)cc1)C(=O)Nc1ccc(OCc2ccccc2Cl)cc1. The Labute approximate surface area is 235 Å². The molecule has 0 aliphatic rings. The second kappa shape index (κ2) is 13.0. The van der Waals surface area contributed by atoms with Gasteiger partial charge in [-0.3, -0.25) is 4.79 Å². The number of rotatable bonds is 9. The van der Waals surface area contributed by atoms with E-state index in [2.05, 4.69) is 5.32 Å². The van der Waals surface area contributed by atoms with Crippen LogP contribution in [-0.4, -0.2) is 5.91 Å². The fraction of sp³-hybridized carbons (Fsp3) is 0.0667. The van der Waals surface area contributed by atoms with Crippen LogP contribution in [0, 0.1) is 11.3 Å². The molecular formula is C30H21Cl3N2O3. The third kappa shape index (κ3) is 7.53. The molecule has 4 rings (SSSR count). The minimum Gasteiger partial charge on any atom is -0.489 e. The molecule has 0 saturated carbocycles. The van der Waals surface area contributed by atoms with Crippen molar-refractivity contribution in [2.75, 3.05) is 5.32 Å². The van der Waals surface area contributed by atoms with Gasteiger partial charge >= 0.3 is 0 Å². The van der Waals surface area contributed by atoms with Crippen LogP contribution in [0.15, 0.2) is 96.6 Å². The van der Waals surface area contributed by atoms with Crippen LogP contribution in [0.25, 0.3) is 6.08 Å². The summed E-state index contributed by atoms with van der Waals surface area (Å²) in [5.74, 6) is 0.725. The minimum absolute atomic E-state index is 0.0364. The first-order valence-electron chi connectivity index (χ1n) is 11.5. The smallest absolute Gasteiger partial charge is 0.266 e. The molecule has 190 valence electrons. The standard InChI is InChI=1S/C30H21Cl3N2O3/c31-24-8-7-22(29(33)16-24)19-38-26-11-5-20(6-12-26)15-23(17-34)30(36)35-25-9-13-27(14-10-25)37-18-21-3-1-2-4-28(21)32/h1-16H,18-19H2,(H,35,36)/b23-15+. The van der Waals surface area contributed by atoms with E-state index in [1.807, 2.05) is 24.3 Å². The molecule has 0 spiro atoms. The number of ether oxygens (including phenoxy) is 2. The first kappa shape index (κ1) is 27.1. The van der Waals surface area contributed by atoms with Crippen molar-refractivity contribution in [1.29, 1.82) is 5.26 Å². The van der Waals surface area contributed by atoms with Crippen molar-refractivity contribution in [3.05, 3.63) is 128 Å². The van der Waals surface area contributed by atoms with Gasteiger partial charge in [-0.25, -0.2) is 0 Å². The van der Waals surface area contributed by atoms with E-state index in [4.69, 9.17) is 44.3 Å². The molecule has 0 bridgehead atoms. The fourth-order valence-corrected chi connectivity index (χ4v) is 4.04. The summed E-state index contributed by atoms with van der Waals surface area (Å²) in [5, 5.41) is 14.0. The quantitative estimate of drug-likeness (QED) is 0.164. The van der Waals surface area contributed by atoms with Gasteiger partial charge in [0.1, 0.15) is 36.4 Å². The Balaban J connectivity index is 1.33. The molecule has 0 heterocycles. The van der Waals surface area contributed by atoms with Crippen LogP contribution < -0.4 is 14.8 Å². The highest BCUT2D eigenvalue weighted by atomic mass is 35.5. The lowest BCUT2D eigenvalue weighted by atomic mass is 10.1. The van der Waals surface area contributed by atoms with Crippen molar-refractivity contribution in [2.24, 2.45) is 0 Å². The lowest BCUT2D eigenvalue weighted by Crippen LogP contribution is -2.13. The van der Waals surface area contributed by atoms with E-state index < -0.39 is 5.91 Å². The molecule has 0 atom stereocenters. The van der Waals surface area contributed by atoms with E-state index >= 15 is 0 Å². The molecule has 0 aromatic heterocycles. The van der Waals surface area contributed by atoms with Gasteiger partial charge in [0.15, 0.2) is 0 Å². The van der Waals surface area contributed by atoms with Gasteiger partial charge in [0.25, 0.3) is 5.91 Å². The fourth-order valence-electron chi connectivity index (χ4n) is 3.38. The van der Waals surface area contributed by atoms with Crippen molar-refractivity contribution >= 4 is 52.5 Å². The Morgan fingerprint density at radius 2 is 1.39 bits per heavy atom. The normalized spacial score (nSPS) is 10.9. The minimum atomic E-state index is -0.519. The summed E-state index contributed by atoms with van der Waals surface area (Å²) in [5.41, 5.74) is 2.86. The highest BCUT2D eigenvalue weighted by molar-refractivity contribution is 6.35. The number of halogens is 3. The van der Waals surface area contributed by atoms with Crippen LogP contribution >= 0.6 is 34.8 Å². The number of nitrogens with one attached hydrogen (secondary N) is 1. The number of nitrogens with zero attached hydrogens (tertiary/aromatic N) is 1. The lowest BCUT2D eigenvalue weighted by molar-refractivity contribution is -0.112. The Morgan fingerprint density at radius 3 is 2.00 bits per heavy atom. The predicted molar refractivity (Wildman–Crippen MR) is 152 cm³/mol. The number of carbonyl (C=O) groups is 1. The van der Waals surface area contributed by atoms with Gasteiger partial charge in [-0.05, 0) is 66.2 Å². The summed E-state index contributed by atoms with van der Waals surface area (Å²) in [6.45, 7) is 0.603. The zero-order valence-electron chi connectivity index (χ0n) is 20.0. The van der Waals surface area contributed by atoms with Gasteiger partial charge in [-0.1, -0.05) is 71.2 Å². The molecule has 5 nitrogen and oxygen atoms in total. The van der Waals surface area contributed by atoms with Crippen molar-refractivity contribution in [3.8, 4) is 17.6 Å². The molecule has 4 aromatic rings. The number of anilines is 1. The number of nitriles is 1. The molecule has 0 aliphatic carbocycles. The van der Waals surface area contributed by atoms with Crippen LogP contribution in [0.1, 0.15) is 16.7 Å². The second-order valence-electron chi connectivity index (χ2n) is 8.12. The predicted octanol–water partition coefficient (Wildman–Crippen LogP) is 8.35. The summed E-state index contributed by atoms with van der Waals surface area (Å²) in [4.78, 5) is 12.7. The molecule has 1 N–H and O–H groups in total. The number of hydrogen-bond donors (Lipinski definition) is 1. The van der Waals surface area contributed by atoms with Gasteiger partial charge in [0.05, 0.1) is 0 Å². The van der Waals surface area contributed by atoms with Crippen LogP contribution in [0.3, 0.4) is 0 Å². The van der Waals surface area contributed by atoms with Crippen molar-refractivity contribution in [3.63, 3.8) is 0 Å². The molecule has 38 heavy (non-hydrogen) atoms. The Kier molecular flexibility index (Phi) is 9.29. The van der Waals surface area contributed by atoms with Gasteiger partial charge in [-0.2, -0.15) is 5.26 Å². The van der Waals surface area contributed by atoms with Crippen molar-refractivity contribution in [1.82, 2.24) is 0 Å². The van der Waals surface area contributed by atoms with Crippen molar-refractivity contribution < 1.29 is 14.3 Å². The molecular weight excluding hydrogens is 543 g/mol. The number of benzene rings is 4. The van der Waals surface area contributed by atoms with E-state index in [1.165, 1.54) is 6.08 Å². The summed E-state index contributed by atoms with van der Waals surface area (Å²) in [6.07, 6.45) is 1.51. The molecule has 0 unspecified atom stereocenters. The molecule has 0 radical (unpaired) electrons. The van der Waals surface area contributed by atoms with Crippen molar-refractivity contribution in [2.45, 2.75) is 13.2 Å². The first-order valence-corrected chi connectivity index (χ1v) is 12.6. The van der Waals surface area contributed by atoms with Gasteiger partial charge in [0, 0.05) is 31.9 Å². The van der Waals surface area contributed by atoms with Gasteiger partial charge in [0.2, 0.25) is 0 Å². The molecule has 0 fully saturated rings. The number of amides is 1. The first-order chi connectivity index (χ1) is 18.4. The monoisotopic (exact) mass is 562 g/mol. The van der Waals surface area contributed by atoms with E-state index in [0.717, 1.165) is 11.1 Å². The van der Waals surface area contributed by atoms with E-state index in [9.17, 15) is 10.1 Å². The summed E-state index contributed by atoms with van der Waals surface area (Å²) < 4.78 is 11.5. The van der Waals surface area contributed by atoms with E-state index in [-0.39, 0.29) is 12.2 Å². The Morgan fingerprint density at radius 1 is 0.789 bits per heavy atom. The topological polar surface area (TPSA) is 71.3 Å². The van der Waals surface area contributed by atoms with Gasteiger partial charge in [-0.15, -0.1) is 0 Å². The Hall–Kier alpha value is -3.95. The molecule has 8 heteroatoms. The Bertz CT molecular complexity index is 1490. The molecule has 0 aliphatic heterocycles. The maximum absolute atomic E-state index is 12.7. The maximum atomic E-state index is 12.7. The molecule has 4 aromatic carbocycles. The highest BCUT2D eigenvalue weighted by Gasteiger charge is 2.10. The average Bonchev–Trinajstić information content (AvgIpc) is 2.92. The summed E-state index contributed by atoms with van der Waals surface area (Å²) in [7, 11) is 0. The second-order valence-corrected chi connectivity index (χ2v) is 9.37. The van der Waals surface area contributed by atoms with E-state index in [0.29, 0.717) is 44.4 Å². The third-order valence-electron chi connectivity index (χ3n) is 5.43. The van der Waals surface area contributed by atoms with Crippen LogP contribution in [0.2, 0.25) is 15.1 Å². The number of carbonyl (C=O) groups excluding carboxylic acids is 1. The summed E-state index contributed by atoms with van der Waals surface area (Å²) >= 11 is 18.3. The summed E-state index contributed by atoms with van der Waals surface area (Å²) in [6, 6.07) is 28.5. The lowest BCUT2D eigenvalue weighted by Gasteiger charge is -2.09. The zero-order valence-corrected chi connectivity index (χ0v) is 22.2. The largest absolute Gasteiger partial charge is 0.489 e. The highest BCUT2D eigenvalue weighted by Crippen LogP contribution is 2.24. The van der Waals surface area contributed by atoms with Gasteiger partial charge < -0.3 is 14.8 Å². The molecule has 1 amide bonds. The van der Waals surface area contributed by atoms with Crippen LogP contribution in [-0.2, 0) is 18.0 Å². The zero-order chi connectivity index (χ0) is 26.9. The van der Waals surface area contributed by atoms with Crippen LogP contribution in [0.4, 0.5) is 5.69 Å². The average molecular weight is 564 g/mol.